The molecule has 2 rings (SSSR count). The SMILES string of the molecule is CC(C)S(=O)(=O)CCCCCC(=O)Cc1ccc(OC2CCCCC2)cc1. The normalized spacial score (nSPS) is 15.8. The molecular weight excluding hydrogens is 360 g/mol. The number of benzene rings is 1. The van der Waals surface area contributed by atoms with Gasteiger partial charge in [0.05, 0.1) is 17.1 Å². The van der Waals surface area contributed by atoms with Crippen LogP contribution in [0, 0.1) is 0 Å². The van der Waals surface area contributed by atoms with Gasteiger partial charge in [0.1, 0.15) is 11.5 Å². The first kappa shape index (κ1) is 21.9. The Balaban J connectivity index is 1.65. The smallest absolute Gasteiger partial charge is 0.152 e. The molecule has 4 nitrogen and oxygen atoms in total. The van der Waals surface area contributed by atoms with Crippen molar-refractivity contribution in [1.29, 1.82) is 0 Å². The molecule has 0 heterocycles. The van der Waals surface area contributed by atoms with Crippen LogP contribution in [0.5, 0.6) is 5.75 Å². The van der Waals surface area contributed by atoms with Gasteiger partial charge in [-0.05, 0) is 70.1 Å². The van der Waals surface area contributed by atoms with Crippen molar-refractivity contribution in [2.75, 3.05) is 5.75 Å². The summed E-state index contributed by atoms with van der Waals surface area (Å²) in [6.07, 6.45) is 9.57. The number of hydrogen-bond acceptors (Lipinski definition) is 4. The lowest BCUT2D eigenvalue weighted by atomic mass is 9.98. The highest BCUT2D eigenvalue weighted by atomic mass is 32.2. The highest BCUT2D eigenvalue weighted by Crippen LogP contribution is 2.23. The average Bonchev–Trinajstić information content (AvgIpc) is 2.64. The van der Waals surface area contributed by atoms with E-state index in [-0.39, 0.29) is 16.8 Å². The molecule has 1 fully saturated rings. The Kier molecular flexibility index (Phi) is 8.81. The highest BCUT2D eigenvalue weighted by molar-refractivity contribution is 7.91. The molecule has 1 aromatic carbocycles. The second kappa shape index (κ2) is 10.8. The number of ether oxygens (including phenoxy) is 1. The fraction of sp³-hybridized carbons (Fsp3) is 0.682. The molecule has 0 atom stereocenters. The molecule has 5 heteroatoms. The third-order valence-electron chi connectivity index (χ3n) is 5.28. The number of hydrogen-bond donors (Lipinski definition) is 0. The number of unbranched alkanes of at least 4 members (excludes halogenated alkanes) is 2. The lowest BCUT2D eigenvalue weighted by Crippen LogP contribution is -2.19. The average molecular weight is 395 g/mol. The Hall–Kier alpha value is -1.36. The van der Waals surface area contributed by atoms with Crippen molar-refractivity contribution < 1.29 is 17.9 Å². The summed E-state index contributed by atoms with van der Waals surface area (Å²) in [7, 11) is -2.96. The summed E-state index contributed by atoms with van der Waals surface area (Å²) in [6.45, 7) is 3.43. The second-order valence-corrected chi connectivity index (χ2v) is 10.6. The Bertz CT molecular complexity index is 671. The highest BCUT2D eigenvalue weighted by Gasteiger charge is 2.16. The number of carbonyl (C=O) groups excluding carboxylic acids is 1. The van der Waals surface area contributed by atoms with Gasteiger partial charge in [-0.15, -0.1) is 0 Å². The molecule has 1 aliphatic rings. The minimum atomic E-state index is -2.96. The van der Waals surface area contributed by atoms with Crippen LogP contribution in [0.1, 0.15) is 77.2 Å². The fourth-order valence-corrected chi connectivity index (χ4v) is 4.49. The summed E-state index contributed by atoms with van der Waals surface area (Å²) >= 11 is 0. The Morgan fingerprint density at radius 1 is 1.04 bits per heavy atom. The van der Waals surface area contributed by atoms with E-state index in [9.17, 15) is 13.2 Å². The van der Waals surface area contributed by atoms with Gasteiger partial charge in [-0.3, -0.25) is 4.79 Å². The zero-order valence-corrected chi connectivity index (χ0v) is 17.6. The molecule has 1 aromatic rings. The van der Waals surface area contributed by atoms with Crippen LogP contribution < -0.4 is 4.74 Å². The third-order valence-corrected chi connectivity index (χ3v) is 7.58. The van der Waals surface area contributed by atoms with Crippen LogP contribution in [0.3, 0.4) is 0 Å². The molecule has 1 saturated carbocycles. The van der Waals surface area contributed by atoms with Crippen LogP contribution in [0.4, 0.5) is 0 Å². The van der Waals surface area contributed by atoms with Crippen molar-refractivity contribution in [3.8, 4) is 5.75 Å². The molecule has 1 aliphatic carbocycles. The minimum Gasteiger partial charge on any atom is -0.490 e. The fourth-order valence-electron chi connectivity index (χ4n) is 3.42. The molecule has 0 saturated heterocycles. The molecule has 0 radical (unpaired) electrons. The first-order valence-electron chi connectivity index (χ1n) is 10.4. The summed E-state index contributed by atoms with van der Waals surface area (Å²) in [4.78, 5) is 12.1. The molecule has 0 aromatic heterocycles. The molecule has 27 heavy (non-hydrogen) atoms. The summed E-state index contributed by atoms with van der Waals surface area (Å²) in [5, 5.41) is -0.316. The Morgan fingerprint density at radius 3 is 2.33 bits per heavy atom. The van der Waals surface area contributed by atoms with Crippen LogP contribution >= 0.6 is 0 Å². The van der Waals surface area contributed by atoms with Crippen molar-refractivity contribution in [2.24, 2.45) is 0 Å². The monoisotopic (exact) mass is 394 g/mol. The van der Waals surface area contributed by atoms with Gasteiger partial charge < -0.3 is 4.74 Å². The van der Waals surface area contributed by atoms with Crippen LogP contribution in [-0.2, 0) is 21.1 Å². The first-order chi connectivity index (χ1) is 12.9. The quantitative estimate of drug-likeness (QED) is 0.501. The first-order valence-corrected chi connectivity index (χ1v) is 12.1. The van der Waals surface area contributed by atoms with Crippen molar-refractivity contribution in [3.63, 3.8) is 0 Å². The molecule has 0 N–H and O–H groups in total. The predicted octanol–water partition coefficient (Wildman–Crippen LogP) is 4.89. The van der Waals surface area contributed by atoms with E-state index in [1.165, 1.54) is 19.3 Å². The summed E-state index contributed by atoms with van der Waals surface area (Å²) in [6, 6.07) is 7.89. The van der Waals surface area contributed by atoms with Gasteiger partial charge >= 0.3 is 0 Å². The van der Waals surface area contributed by atoms with Crippen molar-refractivity contribution in [2.45, 2.75) is 89.4 Å². The lowest BCUT2D eigenvalue weighted by Gasteiger charge is -2.23. The van der Waals surface area contributed by atoms with E-state index in [4.69, 9.17) is 4.74 Å². The summed E-state index contributed by atoms with van der Waals surface area (Å²) in [5.41, 5.74) is 1.01. The van der Waals surface area contributed by atoms with Gasteiger partial charge in [-0.2, -0.15) is 0 Å². The van der Waals surface area contributed by atoms with Crippen LogP contribution in [0.15, 0.2) is 24.3 Å². The summed E-state index contributed by atoms with van der Waals surface area (Å²) in [5.74, 6) is 1.33. The lowest BCUT2D eigenvalue weighted by molar-refractivity contribution is -0.118. The number of ketones is 1. The number of sulfone groups is 1. The zero-order valence-electron chi connectivity index (χ0n) is 16.8. The maximum absolute atomic E-state index is 12.1. The zero-order chi connectivity index (χ0) is 19.7. The van der Waals surface area contributed by atoms with E-state index in [2.05, 4.69) is 0 Å². The van der Waals surface area contributed by atoms with Crippen LogP contribution in [-0.4, -0.2) is 31.3 Å². The minimum absolute atomic E-state index is 0.211. The van der Waals surface area contributed by atoms with E-state index in [1.807, 2.05) is 24.3 Å². The Labute approximate surface area is 164 Å². The maximum Gasteiger partial charge on any atom is 0.152 e. The third kappa shape index (κ3) is 8.04. The van der Waals surface area contributed by atoms with E-state index in [0.717, 1.165) is 37.0 Å². The second-order valence-electron chi connectivity index (χ2n) is 7.96. The number of carbonyl (C=O) groups is 1. The molecule has 0 aliphatic heterocycles. The molecule has 0 spiro atoms. The number of rotatable bonds is 11. The standard InChI is InChI=1S/C22H34O4S/c1-18(2)27(24,25)16-8-4-5-9-20(23)17-19-12-14-22(15-13-19)26-21-10-6-3-7-11-21/h12-15,18,21H,3-11,16-17H2,1-2H3. The molecule has 0 unspecified atom stereocenters. The van der Waals surface area contributed by atoms with Crippen molar-refractivity contribution in [1.82, 2.24) is 0 Å². The topological polar surface area (TPSA) is 60.4 Å². The Morgan fingerprint density at radius 2 is 1.70 bits per heavy atom. The van der Waals surface area contributed by atoms with Crippen LogP contribution in [0.25, 0.3) is 0 Å². The van der Waals surface area contributed by atoms with Crippen molar-refractivity contribution in [3.05, 3.63) is 29.8 Å². The predicted molar refractivity (Wildman–Crippen MR) is 110 cm³/mol. The molecular formula is C22H34O4S. The van der Waals surface area contributed by atoms with Crippen LogP contribution in [0.2, 0.25) is 0 Å². The van der Waals surface area contributed by atoms with Gasteiger partial charge in [0.15, 0.2) is 9.84 Å². The van der Waals surface area contributed by atoms with E-state index >= 15 is 0 Å². The van der Waals surface area contributed by atoms with Gasteiger partial charge in [0, 0.05) is 12.8 Å². The molecule has 0 bridgehead atoms. The number of Topliss-reactive ketones (excluding diaryl/α,β-unsaturated/α-hetero) is 1. The molecule has 152 valence electrons. The maximum atomic E-state index is 12.1. The van der Waals surface area contributed by atoms with E-state index in [1.54, 1.807) is 13.8 Å². The van der Waals surface area contributed by atoms with Gasteiger partial charge in [-0.1, -0.05) is 25.0 Å². The van der Waals surface area contributed by atoms with E-state index in [0.29, 0.717) is 25.4 Å². The summed E-state index contributed by atoms with van der Waals surface area (Å²) < 4.78 is 29.5. The van der Waals surface area contributed by atoms with Crippen molar-refractivity contribution >= 4 is 15.6 Å². The van der Waals surface area contributed by atoms with Gasteiger partial charge in [0.25, 0.3) is 0 Å². The van der Waals surface area contributed by atoms with Gasteiger partial charge in [-0.25, -0.2) is 8.42 Å². The van der Waals surface area contributed by atoms with E-state index < -0.39 is 9.84 Å². The largest absolute Gasteiger partial charge is 0.490 e. The van der Waals surface area contributed by atoms with Gasteiger partial charge in [0.2, 0.25) is 0 Å². The molecule has 0 amide bonds.